The molecule has 0 rings (SSSR count). The first-order valence-electron chi connectivity index (χ1n) is 2.44. The van der Waals surface area contributed by atoms with E-state index < -0.39 is 0 Å². The molecule has 0 fully saturated rings. The Balaban J connectivity index is 3.45. The minimum atomic E-state index is 0.296. The van der Waals surface area contributed by atoms with E-state index in [1.54, 1.807) is 0 Å². The van der Waals surface area contributed by atoms with E-state index in [0.29, 0.717) is 5.25 Å². The fourth-order valence-electron chi connectivity index (χ4n) is 0.469. The Bertz CT molecular complexity index is 68.2. The van der Waals surface area contributed by atoms with E-state index in [4.69, 9.17) is 12.6 Å². The van der Waals surface area contributed by atoms with Gasteiger partial charge in [-0.25, -0.2) is 0 Å². The Morgan fingerprint density at radius 1 is 1.57 bits per heavy atom. The Morgan fingerprint density at radius 3 is 2.00 bits per heavy atom. The van der Waals surface area contributed by atoms with Crippen molar-refractivity contribution in [2.24, 2.45) is 0 Å². The van der Waals surface area contributed by atoms with Crippen molar-refractivity contribution in [2.75, 3.05) is 0 Å². The lowest BCUT2D eigenvalue weighted by atomic mass is 10.3. The van der Waals surface area contributed by atoms with Gasteiger partial charge in [0.15, 0.2) is 0 Å². The van der Waals surface area contributed by atoms with E-state index in [9.17, 15) is 0 Å². The standard InChI is InChI=1S/C6H11S/c1-5(2)4-6(3)7/h4,6H,1-3H3. The number of hydrogen-bond donors (Lipinski definition) is 0. The third-order valence-electron chi connectivity index (χ3n) is 0.568. The highest BCUT2D eigenvalue weighted by molar-refractivity contribution is 7.81. The van der Waals surface area contributed by atoms with Crippen LogP contribution in [0.1, 0.15) is 20.8 Å². The minimum Gasteiger partial charge on any atom is -0.0862 e. The molecule has 0 saturated carbocycles. The van der Waals surface area contributed by atoms with Crippen molar-refractivity contribution in [2.45, 2.75) is 26.0 Å². The number of rotatable bonds is 1. The van der Waals surface area contributed by atoms with Crippen LogP contribution in [0.3, 0.4) is 0 Å². The fourth-order valence-corrected chi connectivity index (χ4v) is 0.742. The second-order valence-electron chi connectivity index (χ2n) is 1.95. The lowest BCUT2D eigenvalue weighted by molar-refractivity contribution is 1.20. The summed E-state index contributed by atoms with van der Waals surface area (Å²) in [6.07, 6.45) is 2.06. The molecule has 0 N–H and O–H groups in total. The topological polar surface area (TPSA) is 0 Å². The first kappa shape index (κ1) is 7.09. The molecule has 0 aromatic heterocycles. The van der Waals surface area contributed by atoms with Crippen LogP contribution < -0.4 is 0 Å². The predicted molar refractivity (Wildman–Crippen MR) is 36.5 cm³/mol. The summed E-state index contributed by atoms with van der Waals surface area (Å²) < 4.78 is 0. The molecular formula is C6H11S. The van der Waals surface area contributed by atoms with Crippen molar-refractivity contribution < 1.29 is 0 Å². The molecule has 0 aromatic rings. The Labute approximate surface area is 51.0 Å². The highest BCUT2D eigenvalue weighted by atomic mass is 32.1. The molecule has 41 valence electrons. The maximum absolute atomic E-state index is 4.88. The smallest absolute Gasteiger partial charge is 0.0305 e. The molecule has 0 aromatic carbocycles. The maximum Gasteiger partial charge on any atom is 0.0305 e. The molecule has 0 bridgehead atoms. The quantitative estimate of drug-likeness (QED) is 0.461. The van der Waals surface area contributed by atoms with Crippen LogP contribution in [0.4, 0.5) is 0 Å². The highest BCUT2D eigenvalue weighted by Gasteiger charge is 1.84. The fraction of sp³-hybridized carbons (Fsp3) is 0.667. The Morgan fingerprint density at radius 2 is 2.00 bits per heavy atom. The van der Waals surface area contributed by atoms with Gasteiger partial charge in [0.05, 0.1) is 0 Å². The van der Waals surface area contributed by atoms with Gasteiger partial charge in [-0.2, -0.15) is 0 Å². The van der Waals surface area contributed by atoms with Gasteiger partial charge in [-0.15, -0.1) is 0 Å². The Kier molecular flexibility index (Phi) is 3.18. The zero-order valence-corrected chi connectivity index (χ0v) is 5.88. The molecule has 1 radical (unpaired) electrons. The molecule has 0 saturated heterocycles. The van der Waals surface area contributed by atoms with Crippen LogP contribution in [0.15, 0.2) is 11.6 Å². The minimum absolute atomic E-state index is 0.296. The summed E-state index contributed by atoms with van der Waals surface area (Å²) in [7, 11) is 0. The molecule has 1 atom stereocenters. The van der Waals surface area contributed by atoms with Gasteiger partial charge in [0.2, 0.25) is 0 Å². The molecule has 0 aliphatic carbocycles. The molecule has 1 unspecified atom stereocenters. The molecule has 0 spiro atoms. The highest BCUT2D eigenvalue weighted by Crippen LogP contribution is 1.98. The molecular weight excluding hydrogens is 104 g/mol. The monoisotopic (exact) mass is 115 g/mol. The van der Waals surface area contributed by atoms with E-state index in [-0.39, 0.29) is 0 Å². The van der Waals surface area contributed by atoms with Crippen molar-refractivity contribution in [3.8, 4) is 0 Å². The summed E-state index contributed by atoms with van der Waals surface area (Å²) >= 11 is 4.88. The third kappa shape index (κ3) is 6.09. The van der Waals surface area contributed by atoms with Crippen LogP contribution in [0.25, 0.3) is 0 Å². The lowest BCUT2D eigenvalue weighted by Gasteiger charge is -1.91. The van der Waals surface area contributed by atoms with Crippen LogP contribution in [-0.2, 0) is 0 Å². The van der Waals surface area contributed by atoms with Crippen LogP contribution >= 0.6 is 12.6 Å². The van der Waals surface area contributed by atoms with Gasteiger partial charge in [0.25, 0.3) is 0 Å². The van der Waals surface area contributed by atoms with Gasteiger partial charge in [-0.05, 0) is 20.8 Å². The normalized spacial score (nSPS) is 13.1. The van der Waals surface area contributed by atoms with Crippen molar-refractivity contribution in [1.29, 1.82) is 0 Å². The van der Waals surface area contributed by atoms with E-state index in [1.165, 1.54) is 5.57 Å². The maximum atomic E-state index is 4.88. The van der Waals surface area contributed by atoms with Gasteiger partial charge < -0.3 is 0 Å². The van der Waals surface area contributed by atoms with E-state index in [1.807, 2.05) is 6.92 Å². The van der Waals surface area contributed by atoms with Gasteiger partial charge in [0.1, 0.15) is 0 Å². The molecule has 0 aliphatic rings. The van der Waals surface area contributed by atoms with Crippen molar-refractivity contribution in [3.63, 3.8) is 0 Å². The number of hydrogen-bond acceptors (Lipinski definition) is 0. The van der Waals surface area contributed by atoms with E-state index in [2.05, 4.69) is 19.9 Å². The van der Waals surface area contributed by atoms with Gasteiger partial charge in [-0.3, -0.25) is 0 Å². The number of allylic oxidation sites excluding steroid dienone is 1. The van der Waals surface area contributed by atoms with Crippen LogP contribution in [0, 0.1) is 0 Å². The van der Waals surface area contributed by atoms with Gasteiger partial charge in [-0.1, -0.05) is 24.3 Å². The zero-order valence-electron chi connectivity index (χ0n) is 5.06. The third-order valence-corrected chi connectivity index (χ3v) is 0.704. The molecule has 0 aliphatic heterocycles. The summed E-state index contributed by atoms with van der Waals surface area (Å²) in [6.45, 7) is 6.12. The zero-order chi connectivity index (χ0) is 5.86. The molecule has 7 heavy (non-hydrogen) atoms. The summed E-state index contributed by atoms with van der Waals surface area (Å²) in [4.78, 5) is 0. The average Bonchev–Trinajstić information content (AvgIpc) is 1.27. The second-order valence-corrected chi connectivity index (χ2v) is 2.69. The van der Waals surface area contributed by atoms with Gasteiger partial charge >= 0.3 is 0 Å². The molecule has 0 heterocycles. The summed E-state index contributed by atoms with van der Waals surface area (Å²) in [5.41, 5.74) is 1.31. The first-order valence-corrected chi connectivity index (χ1v) is 2.91. The molecule has 0 amide bonds. The largest absolute Gasteiger partial charge is 0.0862 e. The summed E-state index contributed by atoms with van der Waals surface area (Å²) in [5, 5.41) is 0.296. The van der Waals surface area contributed by atoms with Crippen molar-refractivity contribution in [1.82, 2.24) is 0 Å². The van der Waals surface area contributed by atoms with E-state index >= 15 is 0 Å². The van der Waals surface area contributed by atoms with E-state index in [0.717, 1.165) is 0 Å². The lowest BCUT2D eigenvalue weighted by Crippen LogP contribution is -1.81. The second kappa shape index (κ2) is 3.14. The van der Waals surface area contributed by atoms with Gasteiger partial charge in [0, 0.05) is 5.25 Å². The first-order chi connectivity index (χ1) is 3.13. The molecule has 0 nitrogen and oxygen atoms in total. The predicted octanol–water partition coefficient (Wildman–Crippen LogP) is 2.54. The van der Waals surface area contributed by atoms with Crippen LogP contribution in [0.5, 0.6) is 0 Å². The summed E-state index contributed by atoms with van der Waals surface area (Å²) in [6, 6.07) is 0. The average molecular weight is 115 g/mol. The SMILES string of the molecule is CC(C)=CC(C)[S]. The Hall–Kier alpha value is 0.0900. The van der Waals surface area contributed by atoms with Crippen molar-refractivity contribution in [3.05, 3.63) is 11.6 Å². The van der Waals surface area contributed by atoms with Crippen LogP contribution in [0.2, 0.25) is 0 Å². The molecule has 1 heteroatoms. The van der Waals surface area contributed by atoms with Crippen LogP contribution in [-0.4, -0.2) is 5.25 Å². The van der Waals surface area contributed by atoms with Crippen molar-refractivity contribution >= 4 is 12.6 Å². The summed E-state index contributed by atoms with van der Waals surface area (Å²) in [5.74, 6) is 0.